The van der Waals surface area contributed by atoms with E-state index in [0.717, 1.165) is 13.0 Å². The second kappa shape index (κ2) is 8.44. The quantitative estimate of drug-likeness (QED) is 0.685. The van der Waals surface area contributed by atoms with E-state index in [-0.39, 0.29) is 5.60 Å². The Morgan fingerprint density at radius 2 is 1.78 bits per heavy atom. The van der Waals surface area contributed by atoms with Gasteiger partial charge in [-0.15, -0.1) is 0 Å². The summed E-state index contributed by atoms with van der Waals surface area (Å²) in [5.41, 5.74) is -0.00144. The Hall–Kier alpha value is 0.270. The predicted molar refractivity (Wildman–Crippen MR) is 84.6 cm³/mol. The van der Waals surface area contributed by atoms with Crippen molar-refractivity contribution >= 4 is 11.8 Å². The molecule has 0 rings (SSSR count). The summed E-state index contributed by atoms with van der Waals surface area (Å²) in [7, 11) is 1.80. The lowest BCUT2D eigenvalue weighted by Crippen LogP contribution is -2.35. The van der Waals surface area contributed by atoms with Crippen LogP contribution in [0.25, 0.3) is 0 Å². The Morgan fingerprint density at radius 1 is 1.17 bits per heavy atom. The fourth-order valence-corrected chi connectivity index (χ4v) is 2.55. The minimum absolute atomic E-state index is 0.00144. The van der Waals surface area contributed by atoms with E-state index in [4.69, 9.17) is 4.74 Å². The second-order valence-corrected chi connectivity index (χ2v) is 8.42. The Kier molecular flexibility index (Phi) is 8.57. The van der Waals surface area contributed by atoms with Crippen molar-refractivity contribution in [2.24, 2.45) is 0 Å². The number of hydrogen-bond donors (Lipinski definition) is 1. The molecule has 0 saturated carbocycles. The predicted octanol–water partition coefficient (Wildman–Crippen LogP) is 4.09. The van der Waals surface area contributed by atoms with E-state index in [1.54, 1.807) is 7.11 Å². The Morgan fingerprint density at radius 3 is 2.22 bits per heavy atom. The summed E-state index contributed by atoms with van der Waals surface area (Å²) in [6, 6.07) is 0.601. The van der Waals surface area contributed by atoms with Crippen molar-refractivity contribution in [2.75, 3.05) is 19.4 Å². The molecule has 0 bridgehead atoms. The second-order valence-electron chi connectivity index (χ2n) is 6.58. The molecule has 0 saturated heterocycles. The molecule has 0 aromatic heterocycles. The van der Waals surface area contributed by atoms with Crippen LogP contribution in [-0.2, 0) is 4.74 Å². The molecular formula is C15H33NOS. The van der Waals surface area contributed by atoms with Gasteiger partial charge in [0, 0.05) is 23.7 Å². The number of rotatable bonds is 9. The maximum Gasteiger partial charge on any atom is 0.0623 e. The molecule has 0 aliphatic rings. The molecule has 110 valence electrons. The molecule has 0 aliphatic carbocycles. The van der Waals surface area contributed by atoms with Gasteiger partial charge >= 0.3 is 0 Å². The van der Waals surface area contributed by atoms with Gasteiger partial charge in [-0.3, -0.25) is 0 Å². The SMILES string of the molecule is CCCNC(CCC(C)(C)OC)CSC(C)(C)C. The highest BCUT2D eigenvalue weighted by Crippen LogP contribution is 2.26. The topological polar surface area (TPSA) is 21.3 Å². The molecule has 1 unspecified atom stereocenters. The average molecular weight is 276 g/mol. The zero-order valence-corrected chi connectivity index (χ0v) is 14.2. The van der Waals surface area contributed by atoms with E-state index >= 15 is 0 Å². The van der Waals surface area contributed by atoms with E-state index in [0.29, 0.717) is 10.8 Å². The van der Waals surface area contributed by atoms with Gasteiger partial charge in [-0.2, -0.15) is 11.8 Å². The van der Waals surface area contributed by atoms with Crippen LogP contribution in [0.1, 0.15) is 60.8 Å². The molecule has 0 spiro atoms. The third kappa shape index (κ3) is 10.2. The first kappa shape index (κ1) is 18.3. The molecular weight excluding hydrogens is 242 g/mol. The lowest BCUT2D eigenvalue weighted by molar-refractivity contribution is 0.0122. The molecule has 2 nitrogen and oxygen atoms in total. The van der Waals surface area contributed by atoms with E-state index in [9.17, 15) is 0 Å². The number of ether oxygens (including phenoxy) is 1. The van der Waals surface area contributed by atoms with Crippen molar-refractivity contribution in [3.05, 3.63) is 0 Å². The highest BCUT2D eigenvalue weighted by atomic mass is 32.2. The normalized spacial score (nSPS) is 14.8. The van der Waals surface area contributed by atoms with Crippen LogP contribution in [0.3, 0.4) is 0 Å². The van der Waals surface area contributed by atoms with Crippen LogP contribution in [-0.4, -0.2) is 35.8 Å². The number of nitrogens with one attached hydrogen (secondary N) is 1. The first-order valence-corrected chi connectivity index (χ1v) is 8.11. The van der Waals surface area contributed by atoms with Crippen LogP contribution in [0.5, 0.6) is 0 Å². The van der Waals surface area contributed by atoms with Gasteiger partial charge in [-0.05, 0) is 39.7 Å². The monoisotopic (exact) mass is 275 g/mol. The van der Waals surface area contributed by atoms with Crippen LogP contribution in [0.4, 0.5) is 0 Å². The molecule has 1 atom stereocenters. The van der Waals surface area contributed by atoms with Crippen molar-refractivity contribution < 1.29 is 4.74 Å². The first-order valence-electron chi connectivity index (χ1n) is 7.12. The van der Waals surface area contributed by atoms with E-state index in [2.05, 4.69) is 46.9 Å². The first-order chi connectivity index (χ1) is 8.20. The zero-order valence-electron chi connectivity index (χ0n) is 13.4. The lowest BCUT2D eigenvalue weighted by Gasteiger charge is -2.28. The Bertz CT molecular complexity index is 211. The summed E-state index contributed by atoms with van der Waals surface area (Å²) < 4.78 is 5.85. The Labute approximate surface area is 119 Å². The van der Waals surface area contributed by atoms with Gasteiger partial charge in [-0.1, -0.05) is 27.7 Å². The van der Waals surface area contributed by atoms with Crippen LogP contribution >= 0.6 is 11.8 Å². The smallest absolute Gasteiger partial charge is 0.0623 e. The minimum Gasteiger partial charge on any atom is -0.379 e. The van der Waals surface area contributed by atoms with E-state index < -0.39 is 0 Å². The molecule has 3 heteroatoms. The standard InChI is InChI=1S/C15H33NOS/c1-8-11-16-13(12-18-14(2,3)4)9-10-15(5,6)17-7/h13,16H,8-12H2,1-7H3. The molecule has 0 aliphatic heterocycles. The van der Waals surface area contributed by atoms with E-state index in [1.807, 2.05) is 11.8 Å². The van der Waals surface area contributed by atoms with Crippen molar-refractivity contribution in [2.45, 2.75) is 77.2 Å². The summed E-state index contributed by atoms with van der Waals surface area (Å²) in [5, 5.41) is 3.66. The maximum absolute atomic E-state index is 5.50. The summed E-state index contributed by atoms with van der Waals surface area (Å²) in [5.74, 6) is 1.18. The molecule has 0 heterocycles. The van der Waals surface area contributed by atoms with Gasteiger partial charge < -0.3 is 10.1 Å². The summed E-state index contributed by atoms with van der Waals surface area (Å²) in [4.78, 5) is 0. The summed E-state index contributed by atoms with van der Waals surface area (Å²) >= 11 is 2.05. The number of methoxy groups -OCH3 is 1. The lowest BCUT2D eigenvalue weighted by atomic mass is 9.99. The molecule has 0 aromatic carbocycles. The summed E-state index contributed by atoms with van der Waals surface area (Å²) in [6.45, 7) is 14.5. The molecule has 0 radical (unpaired) electrons. The average Bonchev–Trinajstić information content (AvgIpc) is 2.27. The number of hydrogen-bond acceptors (Lipinski definition) is 3. The van der Waals surface area contributed by atoms with Crippen LogP contribution in [0.15, 0.2) is 0 Å². The fraction of sp³-hybridized carbons (Fsp3) is 1.00. The van der Waals surface area contributed by atoms with Crippen molar-refractivity contribution in [3.8, 4) is 0 Å². The third-order valence-electron chi connectivity index (χ3n) is 3.05. The molecule has 18 heavy (non-hydrogen) atoms. The Balaban J connectivity index is 4.14. The highest BCUT2D eigenvalue weighted by Gasteiger charge is 2.20. The molecule has 0 fully saturated rings. The highest BCUT2D eigenvalue weighted by molar-refractivity contribution is 8.00. The molecule has 0 amide bonds. The molecule has 0 aromatic rings. The number of thioether (sulfide) groups is 1. The van der Waals surface area contributed by atoms with Crippen LogP contribution in [0.2, 0.25) is 0 Å². The van der Waals surface area contributed by atoms with E-state index in [1.165, 1.54) is 18.6 Å². The van der Waals surface area contributed by atoms with Crippen molar-refractivity contribution in [3.63, 3.8) is 0 Å². The van der Waals surface area contributed by atoms with Gasteiger partial charge in [0.25, 0.3) is 0 Å². The van der Waals surface area contributed by atoms with Gasteiger partial charge in [0.1, 0.15) is 0 Å². The van der Waals surface area contributed by atoms with Gasteiger partial charge in [0.2, 0.25) is 0 Å². The van der Waals surface area contributed by atoms with Gasteiger partial charge in [0.15, 0.2) is 0 Å². The van der Waals surface area contributed by atoms with Crippen molar-refractivity contribution in [1.29, 1.82) is 0 Å². The third-order valence-corrected chi connectivity index (χ3v) is 4.48. The van der Waals surface area contributed by atoms with Crippen molar-refractivity contribution in [1.82, 2.24) is 5.32 Å². The maximum atomic E-state index is 5.50. The van der Waals surface area contributed by atoms with Gasteiger partial charge in [-0.25, -0.2) is 0 Å². The fourth-order valence-electron chi connectivity index (χ4n) is 1.57. The van der Waals surface area contributed by atoms with Crippen LogP contribution in [0, 0.1) is 0 Å². The molecule has 1 N–H and O–H groups in total. The zero-order chi connectivity index (χ0) is 14.2. The van der Waals surface area contributed by atoms with Crippen LogP contribution < -0.4 is 5.32 Å². The summed E-state index contributed by atoms with van der Waals surface area (Å²) in [6.07, 6.45) is 3.49. The largest absolute Gasteiger partial charge is 0.379 e. The minimum atomic E-state index is -0.00144. The van der Waals surface area contributed by atoms with Gasteiger partial charge in [0.05, 0.1) is 5.60 Å².